The fourth-order valence-corrected chi connectivity index (χ4v) is 4.21. The number of rotatable bonds is 6. The molecule has 128 valence electrons. The highest BCUT2D eigenvalue weighted by molar-refractivity contribution is 7.88. The minimum atomic E-state index is -3.12. The lowest BCUT2D eigenvalue weighted by molar-refractivity contribution is -0.126. The fraction of sp³-hybridized carbons (Fsp3) is 0.933. The van der Waals surface area contributed by atoms with Crippen LogP contribution in [0.1, 0.15) is 32.6 Å². The van der Waals surface area contributed by atoms with Crippen molar-refractivity contribution in [2.75, 3.05) is 45.5 Å². The van der Waals surface area contributed by atoms with Crippen LogP contribution < -0.4 is 5.32 Å². The molecule has 0 aromatic carbocycles. The Morgan fingerprint density at radius 3 is 2.32 bits per heavy atom. The van der Waals surface area contributed by atoms with Crippen molar-refractivity contribution in [3.63, 3.8) is 0 Å². The zero-order valence-corrected chi connectivity index (χ0v) is 14.6. The second-order valence-electron chi connectivity index (χ2n) is 6.79. The van der Waals surface area contributed by atoms with Crippen molar-refractivity contribution in [2.24, 2.45) is 11.8 Å². The number of carbonyl (C=O) groups is 1. The van der Waals surface area contributed by atoms with E-state index in [0.717, 1.165) is 6.54 Å². The van der Waals surface area contributed by atoms with Crippen molar-refractivity contribution in [3.8, 4) is 0 Å². The van der Waals surface area contributed by atoms with Crippen LogP contribution in [-0.4, -0.2) is 69.1 Å². The molecule has 0 unspecified atom stereocenters. The van der Waals surface area contributed by atoms with Crippen LogP contribution in [0.2, 0.25) is 0 Å². The molecule has 2 rings (SSSR count). The smallest absolute Gasteiger partial charge is 0.223 e. The molecule has 0 bridgehead atoms. The van der Waals surface area contributed by atoms with Crippen LogP contribution in [0.4, 0.5) is 0 Å². The number of nitrogens with one attached hydrogen (secondary N) is 1. The van der Waals surface area contributed by atoms with E-state index in [1.165, 1.54) is 36.5 Å². The van der Waals surface area contributed by atoms with Gasteiger partial charge in [-0.15, -0.1) is 0 Å². The van der Waals surface area contributed by atoms with Crippen molar-refractivity contribution in [1.29, 1.82) is 0 Å². The third-order valence-electron chi connectivity index (χ3n) is 4.69. The van der Waals surface area contributed by atoms with Crippen molar-refractivity contribution >= 4 is 15.9 Å². The van der Waals surface area contributed by atoms with E-state index >= 15 is 0 Å². The third kappa shape index (κ3) is 5.21. The summed E-state index contributed by atoms with van der Waals surface area (Å²) in [4.78, 5) is 14.7. The van der Waals surface area contributed by atoms with Crippen molar-refractivity contribution in [2.45, 2.75) is 32.6 Å². The first kappa shape index (κ1) is 17.7. The highest BCUT2D eigenvalue weighted by atomic mass is 32.2. The van der Waals surface area contributed by atoms with Crippen molar-refractivity contribution in [1.82, 2.24) is 14.5 Å². The van der Waals surface area contributed by atoms with Gasteiger partial charge in [0.2, 0.25) is 15.9 Å². The van der Waals surface area contributed by atoms with E-state index < -0.39 is 10.0 Å². The summed E-state index contributed by atoms with van der Waals surface area (Å²) in [7, 11) is -3.12. The number of piperidine rings is 1. The van der Waals surface area contributed by atoms with Gasteiger partial charge in [0.15, 0.2) is 0 Å². The van der Waals surface area contributed by atoms with E-state index in [-0.39, 0.29) is 11.8 Å². The number of carbonyl (C=O) groups excluding carboxylic acids is 1. The molecule has 0 aromatic rings. The van der Waals surface area contributed by atoms with E-state index in [9.17, 15) is 13.2 Å². The molecule has 0 spiro atoms. The SMILES string of the molecule is C[C@@H](CNC(=O)C1CCN(S(C)(=O)=O)CC1)CN1CCCC1. The molecule has 0 saturated carbocycles. The molecule has 7 heteroatoms. The Morgan fingerprint density at radius 1 is 1.18 bits per heavy atom. The summed E-state index contributed by atoms with van der Waals surface area (Å²) >= 11 is 0. The third-order valence-corrected chi connectivity index (χ3v) is 5.99. The zero-order chi connectivity index (χ0) is 16.2. The van der Waals surface area contributed by atoms with Gasteiger partial charge in [-0.25, -0.2) is 12.7 Å². The van der Waals surface area contributed by atoms with Crippen LogP contribution in [-0.2, 0) is 14.8 Å². The summed E-state index contributed by atoms with van der Waals surface area (Å²) in [5.74, 6) is 0.497. The van der Waals surface area contributed by atoms with Gasteiger partial charge >= 0.3 is 0 Å². The molecule has 2 aliphatic heterocycles. The Morgan fingerprint density at radius 2 is 1.77 bits per heavy atom. The summed E-state index contributed by atoms with van der Waals surface area (Å²) < 4.78 is 24.4. The van der Waals surface area contributed by atoms with Crippen LogP contribution >= 0.6 is 0 Å². The quantitative estimate of drug-likeness (QED) is 0.770. The second-order valence-corrected chi connectivity index (χ2v) is 8.78. The molecule has 6 nitrogen and oxygen atoms in total. The maximum absolute atomic E-state index is 12.2. The lowest BCUT2D eigenvalue weighted by Gasteiger charge is -2.29. The fourth-order valence-electron chi connectivity index (χ4n) is 3.34. The Kier molecular flexibility index (Phi) is 6.23. The molecule has 0 aromatic heterocycles. The number of hydrogen-bond acceptors (Lipinski definition) is 4. The molecule has 0 aliphatic carbocycles. The van der Waals surface area contributed by atoms with E-state index in [1.807, 2.05) is 0 Å². The first-order valence-electron chi connectivity index (χ1n) is 8.31. The van der Waals surface area contributed by atoms with Gasteiger partial charge in [0.05, 0.1) is 6.26 Å². The first-order chi connectivity index (χ1) is 10.4. The summed E-state index contributed by atoms with van der Waals surface area (Å²) in [6.45, 7) is 7.21. The lowest BCUT2D eigenvalue weighted by Crippen LogP contribution is -2.43. The molecule has 2 aliphatic rings. The van der Waals surface area contributed by atoms with E-state index in [4.69, 9.17) is 0 Å². The van der Waals surface area contributed by atoms with E-state index in [0.29, 0.717) is 38.4 Å². The van der Waals surface area contributed by atoms with Gasteiger partial charge in [-0.2, -0.15) is 0 Å². The largest absolute Gasteiger partial charge is 0.356 e. The molecular formula is C15H29N3O3S. The van der Waals surface area contributed by atoms with Gasteiger partial charge in [-0.3, -0.25) is 4.79 Å². The average Bonchev–Trinajstić information content (AvgIpc) is 2.97. The Labute approximate surface area is 134 Å². The van der Waals surface area contributed by atoms with Gasteiger partial charge in [0.1, 0.15) is 0 Å². The summed E-state index contributed by atoms with van der Waals surface area (Å²) in [5.41, 5.74) is 0. The molecule has 2 fully saturated rings. The van der Waals surface area contributed by atoms with Gasteiger partial charge < -0.3 is 10.2 Å². The van der Waals surface area contributed by atoms with Crippen molar-refractivity contribution in [3.05, 3.63) is 0 Å². The van der Waals surface area contributed by atoms with E-state index in [1.54, 1.807) is 0 Å². The summed E-state index contributed by atoms with van der Waals surface area (Å²) in [5, 5.41) is 3.05. The Bertz CT molecular complexity index is 466. The predicted molar refractivity (Wildman–Crippen MR) is 87.0 cm³/mol. The molecule has 1 N–H and O–H groups in total. The Balaban J connectivity index is 1.67. The average molecular weight is 331 g/mol. The number of likely N-dealkylation sites (tertiary alicyclic amines) is 1. The summed E-state index contributed by atoms with van der Waals surface area (Å²) in [6.07, 6.45) is 5.06. The monoisotopic (exact) mass is 331 g/mol. The summed E-state index contributed by atoms with van der Waals surface area (Å²) in [6, 6.07) is 0. The molecule has 1 amide bonds. The molecule has 0 radical (unpaired) electrons. The second kappa shape index (κ2) is 7.75. The number of sulfonamides is 1. The van der Waals surface area contributed by atoms with Crippen LogP contribution in [0.3, 0.4) is 0 Å². The van der Waals surface area contributed by atoms with Gasteiger partial charge in [-0.1, -0.05) is 6.92 Å². The minimum absolute atomic E-state index is 0.0445. The number of hydrogen-bond donors (Lipinski definition) is 1. The van der Waals surface area contributed by atoms with Gasteiger partial charge in [-0.05, 0) is 44.7 Å². The predicted octanol–water partition coefficient (Wildman–Crippen LogP) is 0.506. The first-order valence-corrected chi connectivity index (χ1v) is 10.2. The maximum Gasteiger partial charge on any atom is 0.223 e. The standard InChI is InChI=1S/C15H29N3O3S/c1-13(12-17-7-3-4-8-17)11-16-15(19)14-5-9-18(10-6-14)22(2,20)21/h13-14H,3-12H2,1-2H3,(H,16,19)/t13-/m0/s1. The van der Waals surface area contributed by atoms with E-state index in [2.05, 4.69) is 17.1 Å². The molecule has 2 saturated heterocycles. The zero-order valence-electron chi connectivity index (χ0n) is 13.8. The van der Waals surface area contributed by atoms with Crippen LogP contribution in [0.15, 0.2) is 0 Å². The number of amides is 1. The molecular weight excluding hydrogens is 302 g/mol. The highest BCUT2D eigenvalue weighted by Crippen LogP contribution is 2.19. The van der Waals surface area contributed by atoms with Crippen LogP contribution in [0.25, 0.3) is 0 Å². The molecule has 2 heterocycles. The van der Waals surface area contributed by atoms with Gasteiger partial charge in [0.25, 0.3) is 0 Å². The minimum Gasteiger partial charge on any atom is -0.356 e. The highest BCUT2D eigenvalue weighted by Gasteiger charge is 2.29. The maximum atomic E-state index is 12.2. The van der Waals surface area contributed by atoms with Gasteiger partial charge in [0, 0.05) is 32.1 Å². The molecule has 22 heavy (non-hydrogen) atoms. The normalized spacial score (nSPS) is 23.5. The van der Waals surface area contributed by atoms with Crippen molar-refractivity contribution < 1.29 is 13.2 Å². The lowest BCUT2D eigenvalue weighted by atomic mass is 9.97. The number of nitrogens with zero attached hydrogens (tertiary/aromatic N) is 2. The van der Waals surface area contributed by atoms with Crippen LogP contribution in [0, 0.1) is 11.8 Å². The van der Waals surface area contributed by atoms with Crippen LogP contribution in [0.5, 0.6) is 0 Å². The Hall–Kier alpha value is -0.660. The topological polar surface area (TPSA) is 69.7 Å². The molecule has 1 atom stereocenters.